The largest absolute Gasteiger partial charge is 0.457 e. The molecule has 1 saturated heterocycles. The van der Waals surface area contributed by atoms with Gasteiger partial charge in [-0.1, -0.05) is 30.3 Å². The van der Waals surface area contributed by atoms with Crippen molar-refractivity contribution >= 4 is 28.8 Å². The second kappa shape index (κ2) is 15.2. The molecular formula is C33H40N8O4. The Labute approximate surface area is 262 Å². The van der Waals surface area contributed by atoms with Gasteiger partial charge >= 0.3 is 0 Å². The summed E-state index contributed by atoms with van der Waals surface area (Å²) in [5.41, 5.74) is 19.4. The molecule has 2 amide bonds. The summed E-state index contributed by atoms with van der Waals surface area (Å²) in [6.45, 7) is 5.14. The van der Waals surface area contributed by atoms with Crippen LogP contribution in [0.3, 0.4) is 0 Å². The van der Waals surface area contributed by atoms with E-state index in [0.717, 1.165) is 44.8 Å². The van der Waals surface area contributed by atoms with E-state index < -0.39 is 11.9 Å². The van der Waals surface area contributed by atoms with Crippen molar-refractivity contribution in [2.75, 3.05) is 45.9 Å². The molecule has 1 aromatic heterocycles. The van der Waals surface area contributed by atoms with E-state index >= 15 is 0 Å². The van der Waals surface area contributed by atoms with E-state index in [0.29, 0.717) is 59.9 Å². The Balaban J connectivity index is 1.43. The first-order chi connectivity index (χ1) is 21.9. The molecule has 0 radical (unpaired) electrons. The molecule has 45 heavy (non-hydrogen) atoms. The van der Waals surface area contributed by atoms with E-state index in [1.807, 2.05) is 65.2 Å². The quantitative estimate of drug-likeness (QED) is 0.0954. The molecule has 0 unspecified atom stereocenters. The third kappa shape index (κ3) is 8.37. The van der Waals surface area contributed by atoms with E-state index in [4.69, 9.17) is 31.7 Å². The number of hydrogen-bond acceptors (Lipinski definition) is 7. The van der Waals surface area contributed by atoms with Gasteiger partial charge in [-0.2, -0.15) is 0 Å². The molecule has 0 aliphatic carbocycles. The molecule has 1 aliphatic heterocycles. The van der Waals surface area contributed by atoms with Crippen molar-refractivity contribution in [1.29, 1.82) is 0 Å². The number of aliphatic imine (C=N–C) groups is 1. The number of para-hydroxylation sites is 1. The van der Waals surface area contributed by atoms with Crippen LogP contribution in [0.1, 0.15) is 35.7 Å². The van der Waals surface area contributed by atoms with Crippen LogP contribution in [-0.2, 0) is 9.53 Å². The number of primary amides is 1. The average Bonchev–Trinajstić information content (AvgIpc) is 3.42. The molecule has 5 rings (SSSR count). The van der Waals surface area contributed by atoms with E-state index in [-0.39, 0.29) is 11.9 Å². The number of morpholine rings is 1. The van der Waals surface area contributed by atoms with Gasteiger partial charge in [-0.05, 0) is 68.3 Å². The van der Waals surface area contributed by atoms with Crippen LogP contribution in [-0.4, -0.2) is 78.2 Å². The molecule has 0 saturated carbocycles. The minimum atomic E-state index is -0.738. The number of amides is 2. The first-order valence-electron chi connectivity index (χ1n) is 15.2. The summed E-state index contributed by atoms with van der Waals surface area (Å²) in [5.74, 6) is 1.12. The Morgan fingerprint density at radius 1 is 0.956 bits per heavy atom. The zero-order valence-electron chi connectivity index (χ0n) is 25.2. The molecule has 0 bridgehead atoms. The van der Waals surface area contributed by atoms with Crippen LogP contribution < -0.4 is 27.3 Å². The van der Waals surface area contributed by atoms with Crippen LogP contribution in [0, 0.1) is 0 Å². The monoisotopic (exact) mass is 612 g/mol. The Hall–Kier alpha value is -4.94. The number of nitrogens with two attached hydrogens (primary N) is 3. The molecule has 1 fully saturated rings. The van der Waals surface area contributed by atoms with Crippen LogP contribution in [0.2, 0.25) is 0 Å². The maximum atomic E-state index is 13.1. The van der Waals surface area contributed by atoms with E-state index in [1.54, 1.807) is 12.1 Å². The SMILES string of the molecule is NC(=O)[C@@H](CCCN=C(N)N)n1c(-c2cccc(Oc3ccccc3)c2)nc2cc(C(=O)NCCCN3CCOCC3)ccc21. The number of nitrogens with one attached hydrogen (secondary N) is 1. The van der Waals surface area contributed by atoms with Crippen molar-refractivity contribution < 1.29 is 19.1 Å². The summed E-state index contributed by atoms with van der Waals surface area (Å²) < 4.78 is 13.3. The van der Waals surface area contributed by atoms with Crippen molar-refractivity contribution in [3.8, 4) is 22.9 Å². The lowest BCUT2D eigenvalue weighted by Gasteiger charge is -2.26. The van der Waals surface area contributed by atoms with Gasteiger partial charge in [-0.3, -0.25) is 19.5 Å². The molecule has 2 heterocycles. The minimum Gasteiger partial charge on any atom is -0.457 e. The van der Waals surface area contributed by atoms with Crippen LogP contribution in [0.15, 0.2) is 77.8 Å². The third-order valence-electron chi connectivity index (χ3n) is 7.63. The number of hydrogen-bond donors (Lipinski definition) is 4. The van der Waals surface area contributed by atoms with Crippen LogP contribution in [0.25, 0.3) is 22.4 Å². The lowest BCUT2D eigenvalue weighted by molar-refractivity contribution is -0.121. The maximum Gasteiger partial charge on any atom is 0.251 e. The molecule has 12 heteroatoms. The standard InChI is InChI=1S/C33H40N8O4/c34-30(42)29(11-5-14-38-33(35)36)41-28-13-12-24(32(43)37-15-6-16-40-17-19-44-20-18-40)22-27(28)39-31(41)23-7-4-10-26(21-23)45-25-8-2-1-3-9-25/h1-4,7-10,12-13,21-22,29H,5-6,11,14-20H2,(H2,34,42)(H,37,43)(H4,35,36,38)/t29-/m1/s1. The molecular weight excluding hydrogens is 572 g/mol. The number of carbonyl (C=O) groups is 2. The number of imidazole rings is 1. The zero-order chi connectivity index (χ0) is 31.6. The summed E-state index contributed by atoms with van der Waals surface area (Å²) >= 11 is 0. The Morgan fingerprint density at radius 2 is 1.73 bits per heavy atom. The van der Waals surface area contributed by atoms with Crippen molar-refractivity contribution in [3.63, 3.8) is 0 Å². The highest BCUT2D eigenvalue weighted by Crippen LogP contribution is 2.33. The van der Waals surface area contributed by atoms with Gasteiger partial charge < -0.3 is 36.6 Å². The highest BCUT2D eigenvalue weighted by molar-refractivity contribution is 5.98. The van der Waals surface area contributed by atoms with Crippen LogP contribution >= 0.6 is 0 Å². The maximum absolute atomic E-state index is 13.1. The summed E-state index contributed by atoms with van der Waals surface area (Å²) in [6, 6.07) is 21.5. The number of aromatic nitrogens is 2. The lowest BCUT2D eigenvalue weighted by atomic mass is 10.1. The van der Waals surface area contributed by atoms with Gasteiger partial charge in [-0.15, -0.1) is 0 Å². The fourth-order valence-electron chi connectivity index (χ4n) is 5.41. The van der Waals surface area contributed by atoms with Gasteiger partial charge in [-0.25, -0.2) is 4.98 Å². The highest BCUT2D eigenvalue weighted by Gasteiger charge is 2.25. The van der Waals surface area contributed by atoms with E-state index in [2.05, 4.69) is 15.2 Å². The predicted molar refractivity (Wildman–Crippen MR) is 174 cm³/mol. The van der Waals surface area contributed by atoms with Crippen molar-refractivity contribution in [3.05, 3.63) is 78.4 Å². The van der Waals surface area contributed by atoms with Crippen molar-refractivity contribution in [1.82, 2.24) is 19.8 Å². The summed E-state index contributed by atoms with van der Waals surface area (Å²) in [5, 5.41) is 3.02. The van der Waals surface area contributed by atoms with Gasteiger partial charge in [0, 0.05) is 37.3 Å². The van der Waals surface area contributed by atoms with E-state index in [1.165, 1.54) is 0 Å². The molecule has 0 spiro atoms. The number of benzene rings is 3. The zero-order valence-corrected chi connectivity index (χ0v) is 25.2. The lowest BCUT2D eigenvalue weighted by Crippen LogP contribution is -2.38. The number of rotatable bonds is 14. The summed E-state index contributed by atoms with van der Waals surface area (Å²) in [7, 11) is 0. The Morgan fingerprint density at radius 3 is 2.49 bits per heavy atom. The molecule has 1 atom stereocenters. The molecule has 4 aromatic rings. The molecule has 7 N–H and O–H groups in total. The number of ether oxygens (including phenoxy) is 2. The fourth-order valence-corrected chi connectivity index (χ4v) is 5.41. The van der Waals surface area contributed by atoms with Crippen LogP contribution in [0.4, 0.5) is 0 Å². The number of nitrogens with zero attached hydrogens (tertiary/aromatic N) is 4. The summed E-state index contributed by atoms with van der Waals surface area (Å²) in [6.07, 6.45) is 1.75. The Kier molecular flexibility index (Phi) is 10.6. The second-order valence-electron chi connectivity index (χ2n) is 10.9. The van der Waals surface area contributed by atoms with E-state index in [9.17, 15) is 9.59 Å². The van der Waals surface area contributed by atoms with Gasteiger partial charge in [0.2, 0.25) is 5.91 Å². The number of guanidine groups is 1. The number of fused-ring (bicyclic) bond motifs is 1. The average molecular weight is 613 g/mol. The van der Waals surface area contributed by atoms with Crippen LogP contribution in [0.5, 0.6) is 11.5 Å². The van der Waals surface area contributed by atoms with Gasteiger partial charge in [0.25, 0.3) is 5.91 Å². The minimum absolute atomic E-state index is 0.0125. The fraction of sp³-hybridized carbons (Fsp3) is 0.333. The first-order valence-corrected chi connectivity index (χ1v) is 15.2. The molecule has 236 valence electrons. The molecule has 1 aliphatic rings. The predicted octanol–water partition coefficient (Wildman–Crippen LogP) is 3.03. The second-order valence-corrected chi connectivity index (χ2v) is 10.9. The Bertz CT molecular complexity index is 1630. The molecule has 12 nitrogen and oxygen atoms in total. The van der Waals surface area contributed by atoms with Gasteiger partial charge in [0.05, 0.1) is 24.2 Å². The van der Waals surface area contributed by atoms with Crippen molar-refractivity contribution in [2.24, 2.45) is 22.2 Å². The topological polar surface area (TPSA) is 176 Å². The molecule has 3 aromatic carbocycles. The summed E-state index contributed by atoms with van der Waals surface area (Å²) in [4.78, 5) is 37.3. The normalized spacial score (nSPS) is 14.1. The highest BCUT2D eigenvalue weighted by atomic mass is 16.5. The first kappa shape index (κ1) is 31.5. The van der Waals surface area contributed by atoms with Gasteiger partial charge in [0.15, 0.2) is 5.96 Å². The third-order valence-corrected chi connectivity index (χ3v) is 7.63. The number of carbonyl (C=O) groups excluding carboxylic acids is 2. The van der Waals surface area contributed by atoms with Crippen molar-refractivity contribution in [2.45, 2.75) is 25.3 Å². The van der Waals surface area contributed by atoms with Gasteiger partial charge in [0.1, 0.15) is 23.4 Å². The smallest absolute Gasteiger partial charge is 0.251 e.